The van der Waals surface area contributed by atoms with Gasteiger partial charge in [-0.05, 0) is 37.6 Å². The summed E-state index contributed by atoms with van der Waals surface area (Å²) in [6.45, 7) is 5.20. The van der Waals surface area contributed by atoms with Gasteiger partial charge < -0.3 is 5.32 Å². The van der Waals surface area contributed by atoms with E-state index >= 15 is 0 Å². The quantitative estimate of drug-likeness (QED) is 0.898. The third-order valence-electron chi connectivity index (χ3n) is 2.96. The summed E-state index contributed by atoms with van der Waals surface area (Å²) in [7, 11) is 0. The van der Waals surface area contributed by atoms with Crippen LogP contribution in [0.25, 0.3) is 0 Å². The number of nitrogens with one attached hydrogen (secondary N) is 1. The molecule has 1 N–H and O–H groups in total. The highest BCUT2D eigenvalue weighted by molar-refractivity contribution is 5.45. The van der Waals surface area contributed by atoms with Crippen LogP contribution >= 0.6 is 0 Å². The van der Waals surface area contributed by atoms with Gasteiger partial charge in [-0.15, -0.1) is 0 Å². The molecule has 2 rings (SSSR count). The zero-order valence-electron chi connectivity index (χ0n) is 11.1. The van der Waals surface area contributed by atoms with Gasteiger partial charge in [0.1, 0.15) is 11.6 Å². The van der Waals surface area contributed by atoms with E-state index in [1.54, 1.807) is 0 Å². The van der Waals surface area contributed by atoms with Gasteiger partial charge in [0.05, 0.1) is 23.6 Å². The van der Waals surface area contributed by atoms with Crippen molar-refractivity contribution in [2.24, 2.45) is 0 Å². The molecule has 0 bridgehead atoms. The molecule has 0 aliphatic rings. The molecule has 0 unspecified atom stereocenters. The first-order valence-electron chi connectivity index (χ1n) is 6.38. The van der Waals surface area contributed by atoms with Gasteiger partial charge in [-0.3, -0.25) is 4.68 Å². The molecule has 0 atom stereocenters. The highest BCUT2D eigenvalue weighted by atomic mass is 19.1. The number of hydrogen-bond acceptors (Lipinski definition) is 2. The van der Waals surface area contributed by atoms with E-state index in [-0.39, 0.29) is 5.69 Å². The lowest BCUT2D eigenvalue weighted by molar-refractivity contribution is 0.599. The van der Waals surface area contributed by atoms with E-state index < -0.39 is 11.6 Å². The van der Waals surface area contributed by atoms with Gasteiger partial charge in [-0.1, -0.05) is 6.92 Å². The van der Waals surface area contributed by atoms with Crippen LogP contribution in [0.1, 0.15) is 25.2 Å². The van der Waals surface area contributed by atoms with Crippen LogP contribution in [0.4, 0.5) is 14.5 Å². The van der Waals surface area contributed by atoms with E-state index in [0.717, 1.165) is 42.6 Å². The topological polar surface area (TPSA) is 29.9 Å². The van der Waals surface area contributed by atoms with Crippen LogP contribution in [0, 0.1) is 11.6 Å². The van der Waals surface area contributed by atoms with E-state index in [1.807, 2.05) is 24.6 Å². The largest absolute Gasteiger partial charge is 0.377 e. The highest BCUT2D eigenvalue weighted by Gasteiger charge is 2.07. The molecule has 3 nitrogen and oxygen atoms in total. The number of anilines is 1. The Hall–Kier alpha value is -1.91. The van der Waals surface area contributed by atoms with Crippen LogP contribution in [-0.2, 0) is 19.5 Å². The minimum absolute atomic E-state index is 0.168. The van der Waals surface area contributed by atoms with E-state index in [9.17, 15) is 8.78 Å². The maximum atomic E-state index is 13.5. The van der Waals surface area contributed by atoms with Crippen molar-refractivity contribution in [1.82, 2.24) is 9.78 Å². The van der Waals surface area contributed by atoms with Crippen molar-refractivity contribution in [3.63, 3.8) is 0 Å². The smallest absolute Gasteiger partial charge is 0.146 e. The summed E-state index contributed by atoms with van der Waals surface area (Å²) in [6.07, 6.45) is 0.855. The Morgan fingerprint density at radius 2 is 2.00 bits per heavy atom. The Labute approximate surface area is 111 Å². The molecule has 0 radical (unpaired) electrons. The van der Waals surface area contributed by atoms with Crippen LogP contribution in [0.15, 0.2) is 24.3 Å². The number of benzene rings is 1. The fourth-order valence-electron chi connectivity index (χ4n) is 1.92. The van der Waals surface area contributed by atoms with Crippen molar-refractivity contribution in [3.8, 4) is 0 Å². The van der Waals surface area contributed by atoms with Gasteiger partial charge in [-0.25, -0.2) is 8.78 Å². The predicted octanol–water partition coefficient (Wildman–Crippen LogP) is 3.36. The van der Waals surface area contributed by atoms with E-state index in [1.165, 1.54) is 0 Å². The van der Waals surface area contributed by atoms with Crippen molar-refractivity contribution < 1.29 is 8.78 Å². The number of aryl methyl sites for hydroxylation is 2. The standard InChI is InChI=1S/C14H17F2N3/c1-3-11-8-12(19(4-2)18-11)9-17-14-7-10(15)5-6-13(14)16/h5-8,17H,3-4,9H2,1-2H3. The Morgan fingerprint density at radius 1 is 1.21 bits per heavy atom. The molecule has 1 heterocycles. The molecule has 0 aliphatic carbocycles. The van der Waals surface area contributed by atoms with Gasteiger partial charge in [0.25, 0.3) is 0 Å². The molecule has 0 fully saturated rings. The molecule has 1 aromatic heterocycles. The second-order valence-corrected chi connectivity index (χ2v) is 4.27. The number of hydrogen-bond donors (Lipinski definition) is 1. The molecule has 0 aliphatic heterocycles. The molecule has 0 amide bonds. The van der Waals surface area contributed by atoms with Crippen molar-refractivity contribution in [3.05, 3.63) is 47.3 Å². The average molecular weight is 265 g/mol. The van der Waals surface area contributed by atoms with Gasteiger partial charge in [0.2, 0.25) is 0 Å². The predicted molar refractivity (Wildman–Crippen MR) is 71.0 cm³/mol. The molecule has 0 saturated heterocycles. The Morgan fingerprint density at radius 3 is 2.68 bits per heavy atom. The number of halogens is 2. The summed E-state index contributed by atoms with van der Waals surface area (Å²) >= 11 is 0. The van der Waals surface area contributed by atoms with Crippen molar-refractivity contribution in [2.45, 2.75) is 33.4 Å². The Bertz CT molecular complexity index is 564. The third kappa shape index (κ3) is 3.10. The maximum absolute atomic E-state index is 13.5. The lowest BCUT2D eigenvalue weighted by atomic mass is 10.2. The van der Waals surface area contributed by atoms with Gasteiger partial charge in [-0.2, -0.15) is 5.10 Å². The SMILES string of the molecule is CCc1cc(CNc2cc(F)ccc2F)n(CC)n1. The minimum atomic E-state index is -0.459. The Kier molecular flexibility index (Phi) is 4.14. The van der Waals surface area contributed by atoms with Crippen LogP contribution < -0.4 is 5.32 Å². The molecule has 102 valence electrons. The van der Waals surface area contributed by atoms with E-state index in [4.69, 9.17) is 0 Å². The molecule has 0 saturated carbocycles. The van der Waals surface area contributed by atoms with E-state index in [2.05, 4.69) is 10.4 Å². The normalized spacial score (nSPS) is 10.7. The first-order chi connectivity index (χ1) is 9.13. The van der Waals surface area contributed by atoms with Gasteiger partial charge >= 0.3 is 0 Å². The lowest BCUT2D eigenvalue weighted by Crippen LogP contribution is -2.08. The molecule has 0 spiro atoms. The molecular weight excluding hydrogens is 248 g/mol. The van der Waals surface area contributed by atoms with Crippen LogP contribution in [0.3, 0.4) is 0 Å². The zero-order valence-corrected chi connectivity index (χ0v) is 11.1. The number of rotatable bonds is 5. The number of aromatic nitrogens is 2. The van der Waals surface area contributed by atoms with Crippen molar-refractivity contribution in [2.75, 3.05) is 5.32 Å². The van der Waals surface area contributed by atoms with Crippen LogP contribution in [0.5, 0.6) is 0 Å². The molecule has 1 aromatic carbocycles. The first kappa shape index (κ1) is 13.5. The number of nitrogens with zero attached hydrogens (tertiary/aromatic N) is 2. The molecule has 19 heavy (non-hydrogen) atoms. The summed E-state index contributed by atoms with van der Waals surface area (Å²) < 4.78 is 28.4. The van der Waals surface area contributed by atoms with Crippen molar-refractivity contribution >= 4 is 5.69 Å². The second-order valence-electron chi connectivity index (χ2n) is 4.27. The fourth-order valence-corrected chi connectivity index (χ4v) is 1.92. The van der Waals surface area contributed by atoms with E-state index in [0.29, 0.717) is 6.54 Å². The molecule has 5 heteroatoms. The molecular formula is C14H17F2N3. The first-order valence-corrected chi connectivity index (χ1v) is 6.38. The van der Waals surface area contributed by atoms with Gasteiger partial charge in [0, 0.05) is 6.54 Å². The summed E-state index contributed by atoms with van der Waals surface area (Å²) in [5, 5.41) is 7.31. The zero-order chi connectivity index (χ0) is 13.8. The van der Waals surface area contributed by atoms with Crippen LogP contribution in [-0.4, -0.2) is 9.78 Å². The van der Waals surface area contributed by atoms with Crippen LogP contribution in [0.2, 0.25) is 0 Å². The fraction of sp³-hybridized carbons (Fsp3) is 0.357. The monoisotopic (exact) mass is 265 g/mol. The molecule has 2 aromatic rings. The van der Waals surface area contributed by atoms with Gasteiger partial charge in [0.15, 0.2) is 0 Å². The summed E-state index contributed by atoms with van der Waals surface area (Å²) in [6, 6.07) is 5.36. The average Bonchev–Trinajstić information content (AvgIpc) is 2.82. The van der Waals surface area contributed by atoms with Crippen molar-refractivity contribution in [1.29, 1.82) is 0 Å². The third-order valence-corrected chi connectivity index (χ3v) is 2.96. The minimum Gasteiger partial charge on any atom is -0.377 e. The summed E-state index contributed by atoms with van der Waals surface area (Å²) in [4.78, 5) is 0. The lowest BCUT2D eigenvalue weighted by Gasteiger charge is -2.08. The second kappa shape index (κ2) is 5.82. The maximum Gasteiger partial charge on any atom is 0.146 e. The summed E-state index contributed by atoms with van der Waals surface area (Å²) in [5.74, 6) is -0.915. The Balaban J connectivity index is 2.13. The summed E-state index contributed by atoms with van der Waals surface area (Å²) in [5.41, 5.74) is 2.13. The highest BCUT2D eigenvalue weighted by Crippen LogP contribution is 2.16.